The molecular formula is C23H32N6NaO3S. The maximum atomic E-state index is 13.4. The summed E-state index contributed by atoms with van der Waals surface area (Å²) in [7, 11) is 1.61. The van der Waals surface area contributed by atoms with E-state index in [-0.39, 0.29) is 35.6 Å². The summed E-state index contributed by atoms with van der Waals surface area (Å²) < 4.78 is 32.0. The standard InChI is InChI=1S/C23H32N6O3S.Na/c1-27(2)17-11-18(12-17)29(19-13-24-28(3)14-19)33(31,32)26-23(30)25-22-20-8-4-6-15(20)10-16-7-5-9-21(16)22;/h10,13-14,17-18H,4-9,11-12H2,1-3H3,(H2,25,26,30);. The van der Waals surface area contributed by atoms with E-state index in [9.17, 15) is 13.2 Å². The molecular weight excluding hydrogens is 463 g/mol. The number of fused-ring (bicyclic) bond motifs is 2. The van der Waals surface area contributed by atoms with E-state index in [2.05, 4.69) is 26.1 Å². The summed E-state index contributed by atoms with van der Waals surface area (Å²) in [6.45, 7) is 0. The number of rotatable bonds is 6. The van der Waals surface area contributed by atoms with Crippen LogP contribution in [-0.4, -0.2) is 84.9 Å². The van der Waals surface area contributed by atoms with E-state index >= 15 is 0 Å². The quantitative estimate of drug-likeness (QED) is 0.597. The van der Waals surface area contributed by atoms with E-state index in [0.29, 0.717) is 24.6 Å². The molecule has 0 spiro atoms. The zero-order chi connectivity index (χ0) is 23.3. The first-order chi connectivity index (χ1) is 15.7. The van der Waals surface area contributed by atoms with Gasteiger partial charge in [0, 0.05) is 60.6 Å². The minimum absolute atomic E-state index is 0. The second kappa shape index (κ2) is 9.81. The number of amides is 2. The van der Waals surface area contributed by atoms with Gasteiger partial charge in [0.1, 0.15) is 0 Å². The van der Waals surface area contributed by atoms with Gasteiger partial charge >= 0.3 is 16.2 Å². The number of urea groups is 1. The van der Waals surface area contributed by atoms with Gasteiger partial charge < -0.3 is 10.2 Å². The second-order valence-electron chi connectivity index (χ2n) is 9.71. The van der Waals surface area contributed by atoms with Gasteiger partial charge in [-0.2, -0.15) is 13.5 Å². The van der Waals surface area contributed by atoms with Gasteiger partial charge in [-0.05, 0) is 87.7 Å². The number of nitrogens with zero attached hydrogens (tertiary/aromatic N) is 4. The third-order valence-corrected chi connectivity index (χ3v) is 8.76. The molecule has 1 fully saturated rings. The molecule has 1 heterocycles. The second-order valence-corrected chi connectivity index (χ2v) is 11.3. The number of hydrogen-bond donors (Lipinski definition) is 2. The van der Waals surface area contributed by atoms with Crippen molar-refractivity contribution >= 4 is 57.2 Å². The maximum absolute atomic E-state index is 13.4. The fourth-order valence-corrected chi connectivity index (χ4v) is 6.83. The van der Waals surface area contributed by atoms with Gasteiger partial charge in [-0.15, -0.1) is 0 Å². The van der Waals surface area contributed by atoms with Crippen LogP contribution < -0.4 is 14.3 Å². The van der Waals surface area contributed by atoms with Crippen LogP contribution in [0, 0.1) is 0 Å². The Morgan fingerprint density at radius 3 is 2.21 bits per heavy atom. The van der Waals surface area contributed by atoms with Crippen molar-refractivity contribution in [2.75, 3.05) is 23.7 Å². The van der Waals surface area contributed by atoms with E-state index in [0.717, 1.165) is 44.2 Å². The predicted molar refractivity (Wildman–Crippen MR) is 134 cm³/mol. The minimum atomic E-state index is -4.12. The summed E-state index contributed by atoms with van der Waals surface area (Å²) in [5, 5.41) is 7.07. The van der Waals surface area contributed by atoms with Gasteiger partial charge in [0.25, 0.3) is 0 Å². The molecule has 0 atom stereocenters. The molecule has 34 heavy (non-hydrogen) atoms. The molecule has 179 valence electrons. The summed E-state index contributed by atoms with van der Waals surface area (Å²) >= 11 is 0. The first kappa shape index (κ1) is 25.5. The minimum Gasteiger partial charge on any atom is -0.307 e. The van der Waals surface area contributed by atoms with Crippen molar-refractivity contribution in [2.45, 2.75) is 63.5 Å². The van der Waals surface area contributed by atoms with Crippen molar-refractivity contribution in [1.29, 1.82) is 0 Å². The summed E-state index contributed by atoms with van der Waals surface area (Å²) in [6.07, 6.45) is 10.6. The van der Waals surface area contributed by atoms with Crippen LogP contribution in [0.1, 0.15) is 47.9 Å². The Bertz CT molecular complexity index is 1160. The number of carbonyl (C=O) groups excluding carboxylic acids is 1. The molecule has 5 rings (SSSR count). The number of hydrogen-bond acceptors (Lipinski definition) is 5. The van der Waals surface area contributed by atoms with E-state index in [1.807, 2.05) is 14.1 Å². The first-order valence-corrected chi connectivity index (χ1v) is 13.1. The van der Waals surface area contributed by atoms with Gasteiger partial charge in [-0.1, -0.05) is 6.07 Å². The van der Waals surface area contributed by atoms with Gasteiger partial charge in [0.05, 0.1) is 11.9 Å². The first-order valence-electron chi connectivity index (χ1n) is 11.7. The topological polar surface area (TPSA) is 99.6 Å². The summed E-state index contributed by atoms with van der Waals surface area (Å²) in [6, 6.07) is 1.67. The molecule has 0 aliphatic heterocycles. The average molecular weight is 496 g/mol. The molecule has 1 saturated carbocycles. The van der Waals surface area contributed by atoms with Gasteiger partial charge in [0.15, 0.2) is 0 Å². The van der Waals surface area contributed by atoms with Crippen LogP contribution in [0.5, 0.6) is 0 Å². The number of carbonyl (C=O) groups is 1. The molecule has 0 saturated heterocycles. The molecule has 2 amide bonds. The van der Waals surface area contributed by atoms with Crippen molar-refractivity contribution in [1.82, 2.24) is 19.4 Å². The summed E-state index contributed by atoms with van der Waals surface area (Å²) in [5.74, 6) is 0. The van der Waals surface area contributed by atoms with Crippen LogP contribution in [0.3, 0.4) is 0 Å². The zero-order valence-electron chi connectivity index (χ0n) is 20.5. The Kier molecular flexibility index (Phi) is 7.36. The van der Waals surface area contributed by atoms with Crippen molar-refractivity contribution < 1.29 is 13.2 Å². The molecule has 1 aromatic heterocycles. The van der Waals surface area contributed by atoms with Crippen LogP contribution in [0.15, 0.2) is 18.5 Å². The van der Waals surface area contributed by atoms with Gasteiger partial charge in [-0.25, -0.2) is 13.8 Å². The normalized spacial score (nSPS) is 20.8. The van der Waals surface area contributed by atoms with Crippen LogP contribution in [0.25, 0.3) is 0 Å². The smallest absolute Gasteiger partial charge is 0.307 e. The van der Waals surface area contributed by atoms with Crippen molar-refractivity contribution in [3.63, 3.8) is 0 Å². The third kappa shape index (κ3) is 4.75. The van der Waals surface area contributed by atoms with Crippen LogP contribution in [-0.2, 0) is 42.9 Å². The largest absolute Gasteiger partial charge is 0.334 e. The zero-order valence-corrected chi connectivity index (χ0v) is 23.3. The molecule has 11 heteroatoms. The fourth-order valence-electron chi connectivity index (χ4n) is 5.51. The Balaban J connectivity index is 0.00000274. The molecule has 1 aromatic carbocycles. The summed E-state index contributed by atoms with van der Waals surface area (Å²) in [5.41, 5.74) is 6.20. The van der Waals surface area contributed by atoms with E-state index in [1.54, 1.807) is 17.9 Å². The molecule has 2 aromatic rings. The van der Waals surface area contributed by atoms with Crippen molar-refractivity contribution in [3.05, 3.63) is 40.7 Å². The number of nitrogens with one attached hydrogen (secondary N) is 2. The molecule has 1 radical (unpaired) electrons. The number of aryl methyl sites for hydroxylation is 3. The Morgan fingerprint density at radius 2 is 1.68 bits per heavy atom. The van der Waals surface area contributed by atoms with Gasteiger partial charge in [0.2, 0.25) is 0 Å². The van der Waals surface area contributed by atoms with E-state index in [1.165, 1.54) is 32.8 Å². The third-order valence-electron chi connectivity index (χ3n) is 7.29. The van der Waals surface area contributed by atoms with Crippen molar-refractivity contribution in [2.24, 2.45) is 7.05 Å². The number of benzene rings is 1. The van der Waals surface area contributed by atoms with Crippen LogP contribution in [0.2, 0.25) is 0 Å². The predicted octanol–water partition coefficient (Wildman–Crippen LogP) is 1.98. The Hall–Kier alpha value is -1.59. The van der Waals surface area contributed by atoms with Gasteiger partial charge in [-0.3, -0.25) is 4.68 Å². The number of aromatic nitrogens is 2. The molecule has 9 nitrogen and oxygen atoms in total. The molecule has 3 aliphatic rings. The van der Waals surface area contributed by atoms with Crippen molar-refractivity contribution in [3.8, 4) is 0 Å². The van der Waals surface area contributed by atoms with E-state index < -0.39 is 16.2 Å². The maximum Gasteiger partial charge on any atom is 0.334 e. The molecule has 3 aliphatic carbocycles. The Labute approximate surface area is 223 Å². The monoisotopic (exact) mass is 495 g/mol. The Morgan fingerprint density at radius 1 is 1.06 bits per heavy atom. The SMILES string of the molecule is CN(C)C1CC(N(c2cnn(C)c2)S(=O)(=O)NC(=O)Nc2c3c(cc4c2CCC4)CCC3)C1.[Na]. The summed E-state index contributed by atoms with van der Waals surface area (Å²) in [4.78, 5) is 15.1. The fraction of sp³-hybridized carbons (Fsp3) is 0.565. The van der Waals surface area contributed by atoms with Crippen LogP contribution >= 0.6 is 0 Å². The molecule has 0 bridgehead atoms. The number of anilines is 2. The van der Waals surface area contributed by atoms with E-state index in [4.69, 9.17) is 0 Å². The average Bonchev–Trinajstić information content (AvgIpc) is 3.43. The molecule has 0 unspecified atom stereocenters. The molecule has 2 N–H and O–H groups in total. The van der Waals surface area contributed by atoms with Crippen LogP contribution in [0.4, 0.5) is 16.2 Å².